The molecule has 2 aliphatic heterocycles. The van der Waals surface area contributed by atoms with Gasteiger partial charge in [0.15, 0.2) is 0 Å². The van der Waals surface area contributed by atoms with Crippen LogP contribution in [0.2, 0.25) is 0 Å². The lowest BCUT2D eigenvalue weighted by atomic mass is 9.72. The van der Waals surface area contributed by atoms with E-state index < -0.39 is 0 Å². The van der Waals surface area contributed by atoms with E-state index in [0.29, 0.717) is 12.0 Å². The van der Waals surface area contributed by atoms with Crippen LogP contribution in [0.4, 0.5) is 4.79 Å². The molecule has 1 aliphatic carbocycles. The Balaban J connectivity index is 2.09. The number of methoxy groups -OCH3 is 1. The largest absolute Gasteiger partial charge is 0.453 e. The maximum absolute atomic E-state index is 11.5. The molecular weight excluding hydrogens is 178 g/mol. The molecule has 0 radical (unpaired) electrons. The Morgan fingerprint density at radius 1 is 1.50 bits per heavy atom. The maximum atomic E-state index is 11.5. The summed E-state index contributed by atoms with van der Waals surface area (Å²) in [5.41, 5.74) is 0. The summed E-state index contributed by atoms with van der Waals surface area (Å²) >= 11 is 0. The van der Waals surface area contributed by atoms with Gasteiger partial charge in [-0.3, -0.25) is 0 Å². The number of ether oxygens (including phenoxy) is 1. The van der Waals surface area contributed by atoms with Crippen molar-refractivity contribution in [2.45, 2.75) is 38.6 Å². The monoisotopic (exact) mass is 197 g/mol. The predicted molar refractivity (Wildman–Crippen MR) is 54.0 cm³/mol. The first kappa shape index (κ1) is 9.81. The van der Waals surface area contributed by atoms with Gasteiger partial charge in [-0.15, -0.1) is 0 Å². The van der Waals surface area contributed by atoms with Gasteiger partial charge in [-0.25, -0.2) is 4.79 Å². The summed E-state index contributed by atoms with van der Waals surface area (Å²) in [6, 6.07) is 0.456. The Hall–Kier alpha value is -0.730. The minimum atomic E-state index is -0.127. The van der Waals surface area contributed by atoms with Crippen molar-refractivity contribution in [3.63, 3.8) is 0 Å². The number of carbonyl (C=O) groups excluding carboxylic acids is 1. The minimum Gasteiger partial charge on any atom is -0.453 e. The van der Waals surface area contributed by atoms with Crippen molar-refractivity contribution in [2.24, 2.45) is 11.8 Å². The van der Waals surface area contributed by atoms with Gasteiger partial charge in [0.1, 0.15) is 0 Å². The lowest BCUT2D eigenvalue weighted by Crippen LogP contribution is -2.55. The molecule has 1 amide bonds. The lowest BCUT2D eigenvalue weighted by molar-refractivity contribution is 0.00248. The number of rotatable bonds is 1. The fourth-order valence-electron chi connectivity index (χ4n) is 3.10. The minimum absolute atomic E-state index is 0.127. The van der Waals surface area contributed by atoms with Crippen molar-refractivity contribution in [1.29, 1.82) is 0 Å². The van der Waals surface area contributed by atoms with Crippen molar-refractivity contribution in [1.82, 2.24) is 4.90 Å². The third kappa shape index (κ3) is 1.49. The Morgan fingerprint density at radius 3 is 2.86 bits per heavy atom. The molecule has 3 heteroatoms. The summed E-state index contributed by atoms with van der Waals surface area (Å²) in [5.74, 6) is 1.44. The molecule has 0 aromatic heterocycles. The van der Waals surface area contributed by atoms with Gasteiger partial charge in [-0.1, -0.05) is 13.3 Å². The highest BCUT2D eigenvalue weighted by Crippen LogP contribution is 2.40. The van der Waals surface area contributed by atoms with E-state index in [0.717, 1.165) is 12.5 Å². The quantitative estimate of drug-likeness (QED) is 0.645. The summed E-state index contributed by atoms with van der Waals surface area (Å²) in [5, 5.41) is 0. The van der Waals surface area contributed by atoms with Crippen molar-refractivity contribution < 1.29 is 9.53 Å². The van der Waals surface area contributed by atoms with Crippen molar-refractivity contribution in [3.05, 3.63) is 0 Å². The zero-order valence-electron chi connectivity index (χ0n) is 9.03. The number of amides is 1. The molecule has 1 saturated carbocycles. The molecule has 14 heavy (non-hydrogen) atoms. The second-order valence-corrected chi connectivity index (χ2v) is 4.54. The van der Waals surface area contributed by atoms with Crippen LogP contribution >= 0.6 is 0 Å². The number of fused-ring (bicyclic) bond motifs is 3. The first-order valence-electron chi connectivity index (χ1n) is 5.60. The zero-order valence-corrected chi connectivity index (χ0v) is 9.03. The third-order valence-electron chi connectivity index (χ3n) is 3.84. The molecule has 2 saturated heterocycles. The van der Waals surface area contributed by atoms with Crippen LogP contribution in [0.3, 0.4) is 0 Å². The van der Waals surface area contributed by atoms with Gasteiger partial charge in [0, 0.05) is 12.6 Å². The second kappa shape index (κ2) is 3.79. The predicted octanol–water partition coefficient (Wildman–Crippen LogP) is 2.26. The Kier molecular flexibility index (Phi) is 2.66. The van der Waals surface area contributed by atoms with Gasteiger partial charge in [0.25, 0.3) is 0 Å². The van der Waals surface area contributed by atoms with E-state index in [2.05, 4.69) is 6.92 Å². The Bertz CT molecular complexity index is 229. The average molecular weight is 197 g/mol. The fraction of sp³-hybridized carbons (Fsp3) is 0.909. The van der Waals surface area contributed by atoms with Crippen LogP contribution in [0.5, 0.6) is 0 Å². The van der Waals surface area contributed by atoms with E-state index in [-0.39, 0.29) is 6.09 Å². The molecule has 3 nitrogen and oxygen atoms in total. The normalized spacial score (nSPS) is 35.9. The second-order valence-electron chi connectivity index (χ2n) is 4.54. The molecule has 0 aromatic carbocycles. The molecule has 0 aromatic rings. The molecule has 2 heterocycles. The lowest BCUT2D eigenvalue weighted by Gasteiger charge is -2.49. The molecule has 0 spiro atoms. The first-order valence-corrected chi connectivity index (χ1v) is 5.60. The molecule has 0 N–H and O–H groups in total. The molecule has 3 unspecified atom stereocenters. The molecule has 2 bridgehead atoms. The van der Waals surface area contributed by atoms with Gasteiger partial charge >= 0.3 is 6.09 Å². The third-order valence-corrected chi connectivity index (χ3v) is 3.84. The highest BCUT2D eigenvalue weighted by atomic mass is 16.5. The summed E-state index contributed by atoms with van der Waals surface area (Å²) in [7, 11) is 1.48. The van der Waals surface area contributed by atoms with Crippen LogP contribution in [0.15, 0.2) is 0 Å². The van der Waals surface area contributed by atoms with Crippen molar-refractivity contribution in [2.75, 3.05) is 13.7 Å². The molecular formula is C11H19NO2. The van der Waals surface area contributed by atoms with E-state index in [1.165, 1.54) is 32.8 Å². The van der Waals surface area contributed by atoms with E-state index >= 15 is 0 Å². The number of nitrogens with zero attached hydrogens (tertiary/aromatic N) is 1. The van der Waals surface area contributed by atoms with Gasteiger partial charge in [0.2, 0.25) is 0 Å². The van der Waals surface area contributed by atoms with Crippen LogP contribution in [-0.4, -0.2) is 30.7 Å². The van der Waals surface area contributed by atoms with Gasteiger partial charge in [-0.2, -0.15) is 0 Å². The smallest absolute Gasteiger partial charge is 0.409 e. The number of carbonyl (C=O) groups is 1. The number of piperidine rings is 2. The fourth-order valence-corrected chi connectivity index (χ4v) is 3.10. The maximum Gasteiger partial charge on any atom is 0.409 e. The summed E-state index contributed by atoms with van der Waals surface area (Å²) in [6.07, 6.45) is 4.86. The van der Waals surface area contributed by atoms with Gasteiger partial charge < -0.3 is 9.64 Å². The average Bonchev–Trinajstić information content (AvgIpc) is 2.28. The Morgan fingerprint density at radius 2 is 2.29 bits per heavy atom. The van der Waals surface area contributed by atoms with Gasteiger partial charge in [-0.05, 0) is 31.1 Å². The highest BCUT2D eigenvalue weighted by molar-refractivity contribution is 5.68. The first-order chi connectivity index (χ1) is 6.76. The van der Waals surface area contributed by atoms with Crippen LogP contribution in [0.1, 0.15) is 32.6 Å². The molecule has 80 valence electrons. The van der Waals surface area contributed by atoms with E-state index in [1.807, 2.05) is 4.90 Å². The molecule has 3 rings (SSSR count). The highest BCUT2D eigenvalue weighted by Gasteiger charge is 2.42. The molecule has 3 fully saturated rings. The van der Waals surface area contributed by atoms with Crippen LogP contribution < -0.4 is 0 Å². The summed E-state index contributed by atoms with van der Waals surface area (Å²) in [6.45, 7) is 3.15. The van der Waals surface area contributed by atoms with E-state index in [1.54, 1.807) is 0 Å². The summed E-state index contributed by atoms with van der Waals surface area (Å²) < 4.78 is 4.82. The number of hydrogen-bond acceptors (Lipinski definition) is 2. The summed E-state index contributed by atoms with van der Waals surface area (Å²) in [4.78, 5) is 13.5. The topological polar surface area (TPSA) is 29.5 Å². The standard InChI is InChI=1S/C11H19NO2/c1-3-9-6-8-4-5-10(9)12(7-8)11(13)14-2/h8-10H,3-7H2,1-2H3. The van der Waals surface area contributed by atoms with E-state index in [9.17, 15) is 4.79 Å². The van der Waals surface area contributed by atoms with Crippen molar-refractivity contribution in [3.8, 4) is 0 Å². The van der Waals surface area contributed by atoms with Crippen LogP contribution in [-0.2, 0) is 4.74 Å². The van der Waals surface area contributed by atoms with Crippen LogP contribution in [0.25, 0.3) is 0 Å². The Labute approximate surface area is 85.4 Å². The molecule has 3 atom stereocenters. The van der Waals surface area contributed by atoms with E-state index in [4.69, 9.17) is 4.74 Å². The zero-order chi connectivity index (χ0) is 10.1. The SMILES string of the molecule is CCC1CC2CCC1N(C(=O)OC)C2. The van der Waals surface area contributed by atoms with Gasteiger partial charge in [0.05, 0.1) is 7.11 Å². The number of hydrogen-bond donors (Lipinski definition) is 0. The van der Waals surface area contributed by atoms with Crippen LogP contribution in [0, 0.1) is 11.8 Å². The van der Waals surface area contributed by atoms with Crippen molar-refractivity contribution >= 4 is 6.09 Å². The molecule has 3 aliphatic rings.